The summed E-state index contributed by atoms with van der Waals surface area (Å²) in [6, 6.07) is 15.6. The van der Waals surface area contributed by atoms with E-state index < -0.39 is 0 Å². The maximum atomic E-state index is 13.9. The number of halogens is 1. The smallest absolute Gasteiger partial charge is 0.128 e. The third kappa shape index (κ3) is 3.17. The SMILES string of the molecule is CC(C)NCc1ccc(-c2ccccc2)cc1F. The van der Waals surface area contributed by atoms with E-state index in [2.05, 4.69) is 19.2 Å². The van der Waals surface area contributed by atoms with Gasteiger partial charge in [0.2, 0.25) is 0 Å². The van der Waals surface area contributed by atoms with E-state index in [4.69, 9.17) is 0 Å². The van der Waals surface area contributed by atoms with Crippen LogP contribution in [-0.4, -0.2) is 6.04 Å². The van der Waals surface area contributed by atoms with Crippen LogP contribution in [0.2, 0.25) is 0 Å². The Hall–Kier alpha value is -1.67. The average molecular weight is 243 g/mol. The molecule has 0 aliphatic carbocycles. The molecule has 2 aromatic carbocycles. The summed E-state index contributed by atoms with van der Waals surface area (Å²) in [6.45, 7) is 4.67. The Morgan fingerprint density at radius 2 is 1.72 bits per heavy atom. The van der Waals surface area contributed by atoms with E-state index in [0.717, 1.165) is 11.1 Å². The predicted octanol–water partition coefficient (Wildman–Crippen LogP) is 3.99. The van der Waals surface area contributed by atoms with Crippen LogP contribution in [0.1, 0.15) is 19.4 Å². The van der Waals surface area contributed by atoms with E-state index in [-0.39, 0.29) is 5.82 Å². The van der Waals surface area contributed by atoms with Crippen LogP contribution in [-0.2, 0) is 6.54 Å². The predicted molar refractivity (Wildman–Crippen MR) is 73.8 cm³/mol. The number of hydrogen-bond donors (Lipinski definition) is 1. The first kappa shape index (κ1) is 12.8. The van der Waals surface area contributed by atoms with Gasteiger partial charge in [0.15, 0.2) is 0 Å². The molecule has 0 amide bonds. The molecule has 0 heterocycles. The highest BCUT2D eigenvalue weighted by Gasteiger charge is 2.05. The lowest BCUT2D eigenvalue weighted by Crippen LogP contribution is -2.22. The van der Waals surface area contributed by atoms with Crippen molar-refractivity contribution < 1.29 is 4.39 Å². The summed E-state index contributed by atoms with van der Waals surface area (Å²) in [5, 5.41) is 3.22. The summed E-state index contributed by atoms with van der Waals surface area (Å²) in [6.07, 6.45) is 0. The first-order valence-corrected chi connectivity index (χ1v) is 6.24. The Labute approximate surface area is 108 Å². The highest BCUT2D eigenvalue weighted by atomic mass is 19.1. The molecular weight excluding hydrogens is 225 g/mol. The molecule has 0 saturated heterocycles. The summed E-state index contributed by atoms with van der Waals surface area (Å²) >= 11 is 0. The molecule has 0 atom stereocenters. The van der Waals surface area contributed by atoms with Crippen LogP contribution < -0.4 is 5.32 Å². The molecule has 0 unspecified atom stereocenters. The third-order valence-corrected chi connectivity index (χ3v) is 2.86. The second-order valence-electron chi connectivity index (χ2n) is 4.71. The number of nitrogens with one attached hydrogen (secondary N) is 1. The van der Waals surface area contributed by atoms with Crippen molar-refractivity contribution in [1.29, 1.82) is 0 Å². The zero-order chi connectivity index (χ0) is 13.0. The van der Waals surface area contributed by atoms with Gasteiger partial charge < -0.3 is 5.32 Å². The van der Waals surface area contributed by atoms with Crippen molar-refractivity contribution in [3.05, 3.63) is 59.9 Å². The Bertz CT molecular complexity index is 506. The van der Waals surface area contributed by atoms with E-state index in [1.807, 2.05) is 42.5 Å². The molecule has 0 aromatic heterocycles. The van der Waals surface area contributed by atoms with Gasteiger partial charge in [-0.15, -0.1) is 0 Å². The summed E-state index contributed by atoms with van der Waals surface area (Å²) in [5.41, 5.74) is 2.67. The van der Waals surface area contributed by atoms with Crippen LogP contribution in [0.3, 0.4) is 0 Å². The molecule has 2 aromatic rings. The first-order chi connectivity index (χ1) is 8.66. The monoisotopic (exact) mass is 243 g/mol. The summed E-state index contributed by atoms with van der Waals surface area (Å²) < 4.78 is 13.9. The average Bonchev–Trinajstić information content (AvgIpc) is 2.38. The summed E-state index contributed by atoms with van der Waals surface area (Å²) in [7, 11) is 0. The molecule has 1 nitrogen and oxygen atoms in total. The number of hydrogen-bond acceptors (Lipinski definition) is 1. The maximum absolute atomic E-state index is 13.9. The van der Waals surface area contributed by atoms with Gasteiger partial charge in [0.1, 0.15) is 5.82 Å². The second kappa shape index (κ2) is 5.78. The molecular formula is C16H18FN. The van der Waals surface area contributed by atoms with Gasteiger partial charge in [0.05, 0.1) is 0 Å². The normalized spacial score (nSPS) is 10.9. The lowest BCUT2D eigenvalue weighted by molar-refractivity contribution is 0.553. The van der Waals surface area contributed by atoms with E-state index in [0.29, 0.717) is 18.2 Å². The van der Waals surface area contributed by atoms with E-state index in [9.17, 15) is 4.39 Å². The van der Waals surface area contributed by atoms with Crippen molar-refractivity contribution >= 4 is 0 Å². The van der Waals surface area contributed by atoms with Crippen molar-refractivity contribution in [3.63, 3.8) is 0 Å². The maximum Gasteiger partial charge on any atom is 0.128 e. The molecule has 2 rings (SSSR count). The van der Waals surface area contributed by atoms with Crippen LogP contribution in [0.25, 0.3) is 11.1 Å². The molecule has 0 spiro atoms. The molecule has 0 aliphatic heterocycles. The molecule has 0 aliphatic rings. The van der Waals surface area contributed by atoms with Gasteiger partial charge in [-0.2, -0.15) is 0 Å². The van der Waals surface area contributed by atoms with Crippen molar-refractivity contribution in [2.24, 2.45) is 0 Å². The number of benzene rings is 2. The second-order valence-corrected chi connectivity index (χ2v) is 4.71. The Kier molecular flexibility index (Phi) is 4.11. The van der Waals surface area contributed by atoms with Gasteiger partial charge in [-0.25, -0.2) is 4.39 Å². The van der Waals surface area contributed by atoms with Crippen molar-refractivity contribution in [1.82, 2.24) is 5.32 Å². The molecule has 94 valence electrons. The van der Waals surface area contributed by atoms with Gasteiger partial charge in [-0.1, -0.05) is 56.3 Å². The highest BCUT2D eigenvalue weighted by Crippen LogP contribution is 2.21. The molecule has 2 heteroatoms. The Morgan fingerprint density at radius 1 is 1.00 bits per heavy atom. The number of rotatable bonds is 4. The van der Waals surface area contributed by atoms with E-state index in [1.54, 1.807) is 6.07 Å². The van der Waals surface area contributed by atoms with Gasteiger partial charge in [0.25, 0.3) is 0 Å². The minimum Gasteiger partial charge on any atom is -0.310 e. The molecule has 0 fully saturated rings. The lowest BCUT2D eigenvalue weighted by Gasteiger charge is -2.10. The fraction of sp³-hybridized carbons (Fsp3) is 0.250. The fourth-order valence-corrected chi connectivity index (χ4v) is 1.81. The third-order valence-electron chi connectivity index (χ3n) is 2.86. The fourth-order valence-electron chi connectivity index (χ4n) is 1.81. The van der Waals surface area contributed by atoms with Crippen LogP contribution in [0, 0.1) is 5.82 Å². The summed E-state index contributed by atoms with van der Waals surface area (Å²) in [4.78, 5) is 0. The lowest BCUT2D eigenvalue weighted by atomic mass is 10.0. The minimum atomic E-state index is -0.149. The molecule has 0 saturated carbocycles. The van der Waals surface area contributed by atoms with E-state index >= 15 is 0 Å². The van der Waals surface area contributed by atoms with Gasteiger partial charge in [-0.05, 0) is 17.2 Å². The highest BCUT2D eigenvalue weighted by molar-refractivity contribution is 5.63. The standard InChI is InChI=1S/C16H18FN/c1-12(2)18-11-15-9-8-14(10-16(15)17)13-6-4-3-5-7-13/h3-10,12,18H,11H2,1-2H3. The zero-order valence-electron chi connectivity index (χ0n) is 10.8. The van der Waals surface area contributed by atoms with Crippen LogP contribution in [0.5, 0.6) is 0 Å². The molecule has 0 radical (unpaired) electrons. The summed E-state index contributed by atoms with van der Waals surface area (Å²) in [5.74, 6) is -0.149. The molecule has 0 bridgehead atoms. The van der Waals surface area contributed by atoms with E-state index in [1.165, 1.54) is 0 Å². The minimum absolute atomic E-state index is 0.149. The van der Waals surface area contributed by atoms with Gasteiger partial charge in [0, 0.05) is 18.2 Å². The zero-order valence-corrected chi connectivity index (χ0v) is 10.8. The van der Waals surface area contributed by atoms with Gasteiger partial charge >= 0.3 is 0 Å². The van der Waals surface area contributed by atoms with Gasteiger partial charge in [-0.3, -0.25) is 0 Å². The Balaban J connectivity index is 2.20. The van der Waals surface area contributed by atoms with Crippen LogP contribution >= 0.6 is 0 Å². The van der Waals surface area contributed by atoms with Crippen LogP contribution in [0.15, 0.2) is 48.5 Å². The van der Waals surface area contributed by atoms with Crippen molar-refractivity contribution in [2.45, 2.75) is 26.4 Å². The van der Waals surface area contributed by atoms with Crippen LogP contribution in [0.4, 0.5) is 4.39 Å². The van der Waals surface area contributed by atoms with Crippen molar-refractivity contribution in [2.75, 3.05) is 0 Å². The quantitative estimate of drug-likeness (QED) is 0.856. The molecule has 18 heavy (non-hydrogen) atoms. The van der Waals surface area contributed by atoms with Crippen molar-refractivity contribution in [3.8, 4) is 11.1 Å². The topological polar surface area (TPSA) is 12.0 Å². The first-order valence-electron chi connectivity index (χ1n) is 6.24. The molecule has 1 N–H and O–H groups in total. The Morgan fingerprint density at radius 3 is 2.33 bits per heavy atom. The largest absolute Gasteiger partial charge is 0.310 e.